The maximum atomic E-state index is 12.6. The van der Waals surface area contributed by atoms with Gasteiger partial charge in [0, 0.05) is 19.2 Å². The van der Waals surface area contributed by atoms with Gasteiger partial charge in [-0.15, -0.1) is 0 Å². The molecule has 0 radical (unpaired) electrons. The predicted molar refractivity (Wildman–Crippen MR) is 128 cm³/mol. The SMILES string of the molecule is CC(=O)O[C@@H]1[C@H](COC(=O)c2ccccc2)[C@@H](COC(=O)c2ccccc2)O[C@H]1n1ccc(=O)[nH]c1=O. The summed E-state index contributed by atoms with van der Waals surface area (Å²) in [6.07, 6.45) is -2.02. The molecule has 1 fully saturated rings. The minimum absolute atomic E-state index is 0.270. The van der Waals surface area contributed by atoms with E-state index < -0.39 is 53.5 Å². The molecule has 11 heteroatoms. The van der Waals surface area contributed by atoms with Crippen molar-refractivity contribution in [2.24, 2.45) is 5.92 Å². The number of hydrogen-bond donors (Lipinski definition) is 1. The zero-order chi connectivity index (χ0) is 26.4. The highest BCUT2D eigenvalue weighted by molar-refractivity contribution is 5.89. The predicted octanol–water partition coefficient (Wildman–Crippen LogP) is 1.70. The molecule has 37 heavy (non-hydrogen) atoms. The molecule has 4 rings (SSSR count). The number of carbonyl (C=O) groups is 3. The van der Waals surface area contributed by atoms with Gasteiger partial charge in [0.1, 0.15) is 19.3 Å². The lowest BCUT2D eigenvalue weighted by Crippen LogP contribution is -2.39. The quantitative estimate of drug-likeness (QED) is 0.355. The highest BCUT2D eigenvalue weighted by atomic mass is 16.6. The van der Waals surface area contributed by atoms with Crippen molar-refractivity contribution in [1.82, 2.24) is 9.55 Å². The van der Waals surface area contributed by atoms with Crippen LogP contribution in [-0.2, 0) is 23.7 Å². The first-order chi connectivity index (χ1) is 17.8. The number of benzene rings is 2. The van der Waals surface area contributed by atoms with Crippen LogP contribution in [0.4, 0.5) is 0 Å². The lowest BCUT2D eigenvalue weighted by Gasteiger charge is -2.24. The van der Waals surface area contributed by atoms with Crippen molar-refractivity contribution >= 4 is 17.9 Å². The van der Waals surface area contributed by atoms with Crippen LogP contribution in [0.1, 0.15) is 33.9 Å². The fraction of sp³-hybridized carbons (Fsp3) is 0.269. The molecule has 0 unspecified atom stereocenters. The van der Waals surface area contributed by atoms with Crippen molar-refractivity contribution in [3.63, 3.8) is 0 Å². The molecule has 192 valence electrons. The van der Waals surface area contributed by atoms with Crippen molar-refractivity contribution < 1.29 is 33.3 Å². The van der Waals surface area contributed by atoms with Gasteiger partial charge < -0.3 is 18.9 Å². The number of aromatic nitrogens is 2. The van der Waals surface area contributed by atoms with E-state index in [1.807, 2.05) is 0 Å². The molecule has 0 bridgehead atoms. The molecule has 0 aliphatic carbocycles. The summed E-state index contributed by atoms with van der Waals surface area (Å²) in [7, 11) is 0. The molecule has 0 saturated carbocycles. The van der Waals surface area contributed by atoms with Gasteiger partial charge >= 0.3 is 23.6 Å². The average molecular weight is 508 g/mol. The number of nitrogens with one attached hydrogen (secondary N) is 1. The Morgan fingerprint density at radius 1 is 0.865 bits per heavy atom. The van der Waals surface area contributed by atoms with E-state index in [-0.39, 0.29) is 13.2 Å². The average Bonchev–Trinajstić information content (AvgIpc) is 3.22. The Kier molecular flexibility index (Phi) is 7.94. The second-order valence-corrected chi connectivity index (χ2v) is 8.25. The standard InChI is InChI=1S/C26H24N2O9/c1-16(29)36-22-19(14-34-24(31)17-8-4-2-5-9-17)20(15-35-25(32)18-10-6-3-7-11-18)37-23(22)28-13-12-21(30)27-26(28)33/h2-13,19-20,22-23H,14-15H2,1H3,(H,27,30,33)/t19-,20-,22-,23-/m1/s1. The first kappa shape index (κ1) is 25.6. The topological polar surface area (TPSA) is 143 Å². The van der Waals surface area contributed by atoms with Gasteiger partial charge in [0.2, 0.25) is 0 Å². The maximum absolute atomic E-state index is 12.6. The molecule has 3 aromatic rings. The van der Waals surface area contributed by atoms with E-state index in [0.29, 0.717) is 11.1 Å². The van der Waals surface area contributed by atoms with E-state index in [9.17, 15) is 24.0 Å². The number of aromatic amines is 1. The Hall–Kier alpha value is -4.51. The second-order valence-electron chi connectivity index (χ2n) is 8.25. The smallest absolute Gasteiger partial charge is 0.338 e. The van der Waals surface area contributed by atoms with Crippen LogP contribution >= 0.6 is 0 Å². The molecule has 0 amide bonds. The first-order valence-electron chi connectivity index (χ1n) is 11.4. The number of H-pyrrole nitrogens is 1. The Morgan fingerprint density at radius 3 is 1.97 bits per heavy atom. The van der Waals surface area contributed by atoms with Crippen LogP contribution in [-0.4, -0.2) is 52.9 Å². The van der Waals surface area contributed by atoms with Crippen molar-refractivity contribution in [3.05, 3.63) is 105 Å². The highest BCUT2D eigenvalue weighted by Crippen LogP contribution is 2.36. The summed E-state index contributed by atoms with van der Waals surface area (Å²) in [5.41, 5.74) is -0.787. The van der Waals surface area contributed by atoms with Gasteiger partial charge in [0.25, 0.3) is 5.56 Å². The first-order valence-corrected chi connectivity index (χ1v) is 11.4. The van der Waals surface area contributed by atoms with E-state index in [4.69, 9.17) is 18.9 Å². The van der Waals surface area contributed by atoms with E-state index in [0.717, 1.165) is 10.6 Å². The van der Waals surface area contributed by atoms with Crippen LogP contribution in [0.3, 0.4) is 0 Å². The van der Waals surface area contributed by atoms with E-state index in [1.54, 1.807) is 60.7 Å². The summed E-state index contributed by atoms with van der Waals surface area (Å²) in [4.78, 5) is 63.2. The molecule has 1 N–H and O–H groups in total. The molecular weight excluding hydrogens is 484 g/mol. The van der Waals surface area contributed by atoms with E-state index >= 15 is 0 Å². The summed E-state index contributed by atoms with van der Waals surface area (Å²) in [5, 5.41) is 0. The van der Waals surface area contributed by atoms with Crippen LogP contribution in [0.25, 0.3) is 0 Å². The fourth-order valence-electron chi connectivity index (χ4n) is 3.98. The zero-order valence-electron chi connectivity index (χ0n) is 19.8. The molecule has 1 saturated heterocycles. The number of ether oxygens (including phenoxy) is 4. The Labute approximate surface area is 210 Å². The van der Waals surface area contributed by atoms with Crippen molar-refractivity contribution in [2.45, 2.75) is 25.4 Å². The van der Waals surface area contributed by atoms with Crippen LogP contribution in [0, 0.1) is 5.92 Å². The Bertz CT molecular complexity index is 1370. The van der Waals surface area contributed by atoms with Crippen LogP contribution in [0.15, 0.2) is 82.5 Å². The van der Waals surface area contributed by atoms with Crippen molar-refractivity contribution in [1.29, 1.82) is 0 Å². The lowest BCUT2D eigenvalue weighted by atomic mass is 9.98. The minimum atomic E-state index is -1.19. The number of nitrogens with zero attached hydrogens (tertiary/aromatic N) is 1. The number of hydrogen-bond acceptors (Lipinski definition) is 9. The summed E-state index contributed by atoms with van der Waals surface area (Å²) in [5.74, 6) is -2.72. The third kappa shape index (κ3) is 6.19. The highest BCUT2D eigenvalue weighted by Gasteiger charge is 2.49. The third-order valence-corrected chi connectivity index (χ3v) is 5.73. The summed E-state index contributed by atoms with van der Waals surface area (Å²) in [6.45, 7) is 0.629. The van der Waals surface area contributed by atoms with Crippen LogP contribution < -0.4 is 11.2 Å². The van der Waals surface area contributed by atoms with Gasteiger partial charge in [-0.25, -0.2) is 14.4 Å². The van der Waals surface area contributed by atoms with Crippen LogP contribution in [0.2, 0.25) is 0 Å². The fourth-order valence-corrected chi connectivity index (χ4v) is 3.98. The second kappa shape index (κ2) is 11.5. The van der Waals surface area contributed by atoms with E-state index in [2.05, 4.69) is 4.98 Å². The largest absolute Gasteiger partial charge is 0.462 e. The molecular formula is C26H24N2O9. The molecule has 11 nitrogen and oxygen atoms in total. The number of esters is 3. The summed E-state index contributed by atoms with van der Waals surface area (Å²) < 4.78 is 23.5. The van der Waals surface area contributed by atoms with Gasteiger partial charge in [0.15, 0.2) is 12.3 Å². The van der Waals surface area contributed by atoms with Crippen LogP contribution in [0.5, 0.6) is 0 Å². The maximum Gasteiger partial charge on any atom is 0.338 e. The molecule has 2 aromatic carbocycles. The van der Waals surface area contributed by atoms with Gasteiger partial charge in [-0.05, 0) is 24.3 Å². The van der Waals surface area contributed by atoms with Gasteiger partial charge in [0.05, 0.1) is 17.0 Å². The van der Waals surface area contributed by atoms with Gasteiger partial charge in [-0.1, -0.05) is 36.4 Å². The van der Waals surface area contributed by atoms with Gasteiger partial charge in [-0.2, -0.15) is 0 Å². The summed E-state index contributed by atoms with van der Waals surface area (Å²) in [6, 6.07) is 17.7. The van der Waals surface area contributed by atoms with Crippen molar-refractivity contribution in [3.8, 4) is 0 Å². The molecule has 4 atom stereocenters. The molecule has 0 spiro atoms. The molecule has 1 aliphatic rings. The Balaban J connectivity index is 1.60. The van der Waals surface area contributed by atoms with Gasteiger partial charge in [-0.3, -0.25) is 19.1 Å². The Morgan fingerprint density at radius 2 is 1.43 bits per heavy atom. The normalized spacial score (nSPS) is 20.7. The number of carbonyl (C=O) groups excluding carboxylic acids is 3. The molecule has 2 heterocycles. The minimum Gasteiger partial charge on any atom is -0.462 e. The number of rotatable bonds is 8. The van der Waals surface area contributed by atoms with Crippen molar-refractivity contribution in [2.75, 3.05) is 13.2 Å². The lowest BCUT2D eigenvalue weighted by molar-refractivity contribution is -0.154. The zero-order valence-corrected chi connectivity index (χ0v) is 19.8. The summed E-state index contributed by atoms with van der Waals surface area (Å²) >= 11 is 0. The van der Waals surface area contributed by atoms with E-state index in [1.165, 1.54) is 13.1 Å². The molecule has 1 aromatic heterocycles. The third-order valence-electron chi connectivity index (χ3n) is 5.73. The molecule has 1 aliphatic heterocycles. The monoisotopic (exact) mass is 508 g/mol.